The van der Waals surface area contributed by atoms with Crippen molar-refractivity contribution in [2.75, 3.05) is 5.32 Å². The van der Waals surface area contributed by atoms with E-state index in [-0.39, 0.29) is 6.61 Å². The largest absolute Gasteiger partial charge is 0.481 e. The molecule has 2 aromatic carbocycles. The first kappa shape index (κ1) is 16.1. The zero-order valence-electron chi connectivity index (χ0n) is 13.2. The molecule has 1 aliphatic rings. The number of ether oxygens (including phenoxy) is 1. The van der Waals surface area contributed by atoms with Crippen LogP contribution >= 0.6 is 0 Å². The zero-order chi connectivity index (χ0) is 16.9. The van der Waals surface area contributed by atoms with Crippen molar-refractivity contribution < 1.29 is 19.4 Å². The van der Waals surface area contributed by atoms with Crippen molar-refractivity contribution in [2.24, 2.45) is 0 Å². The SMILES string of the molecule is O=C(Nc1ccc2c(c1)C(C(=O)O)CCC2)OCc1ccccc1. The molecule has 24 heavy (non-hydrogen) atoms. The van der Waals surface area contributed by atoms with Crippen LogP contribution in [0.1, 0.15) is 35.4 Å². The first-order valence-electron chi connectivity index (χ1n) is 7.97. The Morgan fingerprint density at radius 1 is 1.17 bits per heavy atom. The summed E-state index contributed by atoms with van der Waals surface area (Å²) in [6.07, 6.45) is 1.82. The number of amides is 1. The Balaban J connectivity index is 1.66. The van der Waals surface area contributed by atoms with Gasteiger partial charge in [-0.1, -0.05) is 36.4 Å². The molecule has 2 aromatic rings. The molecule has 0 aromatic heterocycles. The Morgan fingerprint density at radius 2 is 1.96 bits per heavy atom. The monoisotopic (exact) mass is 325 g/mol. The summed E-state index contributed by atoms with van der Waals surface area (Å²) in [6, 6.07) is 14.8. The van der Waals surface area contributed by atoms with E-state index in [2.05, 4.69) is 5.32 Å². The lowest BCUT2D eigenvalue weighted by molar-refractivity contribution is -0.139. The number of rotatable bonds is 4. The first-order chi connectivity index (χ1) is 11.6. The molecule has 0 aliphatic heterocycles. The lowest BCUT2D eigenvalue weighted by Gasteiger charge is -2.23. The van der Waals surface area contributed by atoms with Crippen LogP contribution in [0.15, 0.2) is 48.5 Å². The molecule has 1 aliphatic carbocycles. The minimum Gasteiger partial charge on any atom is -0.481 e. The molecular weight excluding hydrogens is 306 g/mol. The van der Waals surface area contributed by atoms with E-state index < -0.39 is 18.0 Å². The molecule has 0 saturated heterocycles. The van der Waals surface area contributed by atoms with Gasteiger partial charge in [-0.15, -0.1) is 0 Å². The molecule has 5 nitrogen and oxygen atoms in total. The number of aryl methyl sites for hydroxylation is 1. The molecule has 3 rings (SSSR count). The maximum Gasteiger partial charge on any atom is 0.411 e. The number of aliphatic carboxylic acids is 1. The van der Waals surface area contributed by atoms with Crippen molar-refractivity contribution in [3.63, 3.8) is 0 Å². The maximum absolute atomic E-state index is 11.9. The zero-order valence-corrected chi connectivity index (χ0v) is 13.2. The van der Waals surface area contributed by atoms with Crippen LogP contribution in [0.5, 0.6) is 0 Å². The standard InChI is InChI=1S/C19H19NO4/c21-18(22)16-8-4-7-14-9-10-15(11-17(14)16)20-19(23)24-12-13-5-2-1-3-6-13/h1-3,5-6,9-11,16H,4,7-8,12H2,(H,20,23)(H,21,22). The Hall–Kier alpha value is -2.82. The van der Waals surface area contributed by atoms with Crippen LogP contribution in [0.3, 0.4) is 0 Å². The summed E-state index contributed by atoms with van der Waals surface area (Å²) in [5, 5.41) is 12.0. The second-order valence-electron chi connectivity index (χ2n) is 5.88. The Kier molecular flexibility index (Phi) is 4.79. The average Bonchev–Trinajstić information content (AvgIpc) is 2.60. The highest BCUT2D eigenvalue weighted by Gasteiger charge is 2.26. The van der Waals surface area contributed by atoms with Gasteiger partial charge in [-0.2, -0.15) is 0 Å². The Morgan fingerprint density at radius 3 is 2.71 bits per heavy atom. The predicted molar refractivity (Wildman–Crippen MR) is 90.0 cm³/mol. The number of nitrogens with one attached hydrogen (secondary N) is 1. The van der Waals surface area contributed by atoms with Gasteiger partial charge in [0.05, 0.1) is 5.92 Å². The number of anilines is 1. The molecule has 1 amide bonds. The number of carbonyl (C=O) groups excluding carboxylic acids is 1. The molecule has 5 heteroatoms. The lowest BCUT2D eigenvalue weighted by atomic mass is 9.82. The van der Waals surface area contributed by atoms with Gasteiger partial charge in [0.2, 0.25) is 0 Å². The summed E-state index contributed by atoms with van der Waals surface area (Å²) >= 11 is 0. The van der Waals surface area contributed by atoms with Gasteiger partial charge in [0.15, 0.2) is 0 Å². The van der Waals surface area contributed by atoms with Crippen LogP contribution in [0.4, 0.5) is 10.5 Å². The van der Waals surface area contributed by atoms with E-state index >= 15 is 0 Å². The number of benzene rings is 2. The highest BCUT2D eigenvalue weighted by Crippen LogP contribution is 2.33. The Bertz CT molecular complexity index is 742. The molecule has 1 unspecified atom stereocenters. The Labute approximate surface area is 140 Å². The lowest BCUT2D eigenvalue weighted by Crippen LogP contribution is -2.19. The van der Waals surface area contributed by atoms with Crippen molar-refractivity contribution >= 4 is 17.7 Å². The molecular formula is C19H19NO4. The fourth-order valence-electron chi connectivity index (χ4n) is 3.01. The summed E-state index contributed by atoms with van der Waals surface area (Å²) in [5.41, 5.74) is 3.29. The normalized spacial score (nSPS) is 16.1. The molecule has 124 valence electrons. The quantitative estimate of drug-likeness (QED) is 0.893. The fraction of sp³-hybridized carbons (Fsp3) is 0.263. The van der Waals surface area contributed by atoms with Gasteiger partial charge in [0.1, 0.15) is 6.61 Å². The van der Waals surface area contributed by atoms with E-state index in [0.717, 1.165) is 29.5 Å². The van der Waals surface area contributed by atoms with Crippen LogP contribution in [0, 0.1) is 0 Å². The van der Waals surface area contributed by atoms with Crippen LogP contribution in [-0.4, -0.2) is 17.2 Å². The molecule has 0 bridgehead atoms. The summed E-state index contributed by atoms with van der Waals surface area (Å²) in [7, 11) is 0. The predicted octanol–water partition coefficient (Wildman–Crippen LogP) is 3.94. The summed E-state index contributed by atoms with van der Waals surface area (Å²) in [4.78, 5) is 23.3. The van der Waals surface area contributed by atoms with Crippen molar-refractivity contribution in [3.05, 3.63) is 65.2 Å². The van der Waals surface area contributed by atoms with Gasteiger partial charge >= 0.3 is 12.1 Å². The van der Waals surface area contributed by atoms with Crippen LogP contribution in [0.2, 0.25) is 0 Å². The summed E-state index contributed by atoms with van der Waals surface area (Å²) in [5.74, 6) is -1.32. The molecule has 1 atom stereocenters. The minimum atomic E-state index is -0.820. The third-order valence-corrected chi connectivity index (χ3v) is 4.22. The van der Waals surface area contributed by atoms with E-state index in [0.29, 0.717) is 12.1 Å². The molecule has 0 saturated carbocycles. The van der Waals surface area contributed by atoms with Gasteiger partial charge < -0.3 is 9.84 Å². The maximum atomic E-state index is 11.9. The number of fused-ring (bicyclic) bond motifs is 1. The second kappa shape index (κ2) is 7.17. The molecule has 0 heterocycles. The summed E-state index contributed by atoms with van der Waals surface area (Å²) < 4.78 is 5.18. The van der Waals surface area contributed by atoms with Crippen molar-refractivity contribution in [2.45, 2.75) is 31.8 Å². The van der Waals surface area contributed by atoms with Gasteiger partial charge in [-0.05, 0) is 48.1 Å². The second-order valence-corrected chi connectivity index (χ2v) is 5.88. The number of hydrogen-bond donors (Lipinski definition) is 2. The average molecular weight is 325 g/mol. The van der Waals surface area contributed by atoms with E-state index in [1.165, 1.54) is 0 Å². The van der Waals surface area contributed by atoms with E-state index in [4.69, 9.17) is 4.74 Å². The highest BCUT2D eigenvalue weighted by atomic mass is 16.5. The van der Waals surface area contributed by atoms with E-state index in [9.17, 15) is 14.7 Å². The molecule has 0 fully saturated rings. The minimum absolute atomic E-state index is 0.190. The third kappa shape index (κ3) is 3.74. The molecule has 0 spiro atoms. The van der Waals surface area contributed by atoms with Gasteiger partial charge in [-0.25, -0.2) is 4.79 Å². The van der Waals surface area contributed by atoms with Gasteiger partial charge in [-0.3, -0.25) is 10.1 Å². The number of hydrogen-bond acceptors (Lipinski definition) is 3. The summed E-state index contributed by atoms with van der Waals surface area (Å²) in [6.45, 7) is 0.190. The van der Waals surface area contributed by atoms with Gasteiger partial charge in [0, 0.05) is 5.69 Å². The molecule has 2 N–H and O–H groups in total. The van der Waals surface area contributed by atoms with E-state index in [1.54, 1.807) is 12.1 Å². The van der Waals surface area contributed by atoms with Crippen LogP contribution in [-0.2, 0) is 22.6 Å². The van der Waals surface area contributed by atoms with Crippen molar-refractivity contribution in [1.29, 1.82) is 0 Å². The van der Waals surface area contributed by atoms with Crippen LogP contribution in [0.25, 0.3) is 0 Å². The smallest absolute Gasteiger partial charge is 0.411 e. The number of carbonyl (C=O) groups is 2. The number of carboxylic acids is 1. The van der Waals surface area contributed by atoms with Crippen molar-refractivity contribution in [1.82, 2.24) is 0 Å². The fourth-order valence-corrected chi connectivity index (χ4v) is 3.01. The topological polar surface area (TPSA) is 75.6 Å². The van der Waals surface area contributed by atoms with Gasteiger partial charge in [0.25, 0.3) is 0 Å². The molecule has 0 radical (unpaired) electrons. The van der Waals surface area contributed by atoms with E-state index in [1.807, 2.05) is 36.4 Å². The van der Waals surface area contributed by atoms with Crippen molar-refractivity contribution in [3.8, 4) is 0 Å². The highest BCUT2D eigenvalue weighted by molar-refractivity contribution is 5.85. The number of carboxylic acid groups (broad SMARTS) is 1. The van der Waals surface area contributed by atoms with Crippen LogP contribution < -0.4 is 5.32 Å². The third-order valence-electron chi connectivity index (χ3n) is 4.22. The first-order valence-corrected chi connectivity index (χ1v) is 7.97.